The number of hydrazine groups is 1. The Bertz CT molecular complexity index is 1140. The maximum absolute atomic E-state index is 13.8. The highest BCUT2D eigenvalue weighted by atomic mass is 32.1. The molecule has 8 nitrogen and oxygen atoms in total. The molecule has 34 heavy (non-hydrogen) atoms. The number of halogens is 2. The zero-order valence-corrected chi connectivity index (χ0v) is 19.1. The van der Waals surface area contributed by atoms with Gasteiger partial charge in [0.1, 0.15) is 23.2 Å². The van der Waals surface area contributed by atoms with Gasteiger partial charge in [-0.3, -0.25) is 15.6 Å². The highest BCUT2D eigenvalue weighted by Gasteiger charge is 2.36. The Hall–Kier alpha value is -3.73. The average Bonchev–Trinajstić information content (AvgIpc) is 3.28. The highest BCUT2D eigenvalue weighted by molar-refractivity contribution is 7.80. The second-order valence-electron chi connectivity index (χ2n) is 7.59. The number of carbonyl (C=O) groups excluding carboxylic acids is 1. The van der Waals surface area contributed by atoms with Crippen LogP contribution in [0.3, 0.4) is 0 Å². The van der Waals surface area contributed by atoms with Gasteiger partial charge in [-0.2, -0.15) is 5.10 Å². The molecule has 4 rings (SSSR count). The van der Waals surface area contributed by atoms with E-state index in [1.807, 2.05) is 37.3 Å². The first-order chi connectivity index (χ1) is 16.5. The molecule has 1 aliphatic rings. The van der Waals surface area contributed by atoms with Crippen LogP contribution < -0.4 is 26.2 Å². The topological polar surface area (TPSA) is 92.2 Å². The fourth-order valence-electron chi connectivity index (χ4n) is 3.75. The molecule has 0 unspecified atom stereocenters. The molecule has 0 saturated carbocycles. The molecule has 0 radical (unpaired) electrons. The number of ether oxygens (including phenoxy) is 1. The molecule has 0 fully saturated rings. The summed E-state index contributed by atoms with van der Waals surface area (Å²) in [7, 11) is 0. The SMILES string of the molecule is CCOc1ccc(NC(=S)NNC(=O)c2cnn3c2N[C@@H](c2ccccc2)C[C@@H]3C(F)F)cc1. The zero-order valence-electron chi connectivity index (χ0n) is 18.3. The van der Waals surface area contributed by atoms with E-state index >= 15 is 0 Å². The fourth-order valence-corrected chi connectivity index (χ4v) is 3.92. The molecule has 178 valence electrons. The number of benzene rings is 2. The summed E-state index contributed by atoms with van der Waals surface area (Å²) in [5, 5.41) is 10.3. The van der Waals surface area contributed by atoms with Gasteiger partial charge in [0, 0.05) is 5.69 Å². The van der Waals surface area contributed by atoms with E-state index in [0.717, 1.165) is 11.3 Å². The van der Waals surface area contributed by atoms with Gasteiger partial charge in [0.25, 0.3) is 12.3 Å². The number of thiocarbonyl (C=S) groups is 1. The third-order valence-corrected chi connectivity index (χ3v) is 5.55. The van der Waals surface area contributed by atoms with Crippen molar-refractivity contribution in [2.75, 3.05) is 17.2 Å². The molecule has 3 aromatic rings. The molecule has 1 aromatic heterocycles. The lowest BCUT2D eigenvalue weighted by molar-refractivity contribution is 0.0656. The Morgan fingerprint density at radius 3 is 2.62 bits per heavy atom. The predicted molar refractivity (Wildman–Crippen MR) is 129 cm³/mol. The number of fused-ring (bicyclic) bond motifs is 1. The van der Waals surface area contributed by atoms with E-state index in [1.54, 1.807) is 24.3 Å². The Balaban J connectivity index is 1.43. The van der Waals surface area contributed by atoms with Crippen LogP contribution in [0.4, 0.5) is 20.3 Å². The van der Waals surface area contributed by atoms with Crippen molar-refractivity contribution in [3.05, 3.63) is 71.9 Å². The monoisotopic (exact) mass is 486 g/mol. The molecular formula is C23H24F2N6O2S. The number of hydrogen-bond donors (Lipinski definition) is 4. The highest BCUT2D eigenvalue weighted by Crippen LogP contribution is 2.39. The first-order valence-corrected chi connectivity index (χ1v) is 11.1. The molecule has 0 spiro atoms. The number of alkyl halides is 2. The lowest BCUT2D eigenvalue weighted by Crippen LogP contribution is -2.44. The number of anilines is 2. The molecule has 0 bridgehead atoms. The number of aromatic nitrogens is 2. The van der Waals surface area contributed by atoms with Crippen LogP contribution in [0.2, 0.25) is 0 Å². The van der Waals surface area contributed by atoms with Crippen molar-refractivity contribution in [3.63, 3.8) is 0 Å². The number of nitrogens with one attached hydrogen (secondary N) is 4. The van der Waals surface area contributed by atoms with Crippen molar-refractivity contribution in [3.8, 4) is 5.75 Å². The van der Waals surface area contributed by atoms with Crippen LogP contribution in [0.1, 0.15) is 41.3 Å². The first kappa shape index (κ1) is 23.4. The molecule has 2 heterocycles. The smallest absolute Gasteiger partial charge is 0.275 e. The number of carbonyl (C=O) groups is 1. The van der Waals surface area contributed by atoms with Crippen molar-refractivity contribution in [2.45, 2.75) is 31.9 Å². The summed E-state index contributed by atoms with van der Waals surface area (Å²) in [6.07, 6.45) is -1.22. The van der Waals surface area contributed by atoms with Gasteiger partial charge in [-0.05, 0) is 55.4 Å². The maximum Gasteiger partial charge on any atom is 0.275 e. The van der Waals surface area contributed by atoms with Gasteiger partial charge in [0.05, 0.1) is 18.8 Å². The molecule has 1 amide bonds. The molecule has 4 N–H and O–H groups in total. The lowest BCUT2D eigenvalue weighted by atomic mass is 9.97. The summed E-state index contributed by atoms with van der Waals surface area (Å²) in [5.41, 5.74) is 6.79. The number of rotatable bonds is 6. The third kappa shape index (κ3) is 5.25. The normalized spacial score (nSPS) is 16.8. The lowest BCUT2D eigenvalue weighted by Gasteiger charge is -2.32. The summed E-state index contributed by atoms with van der Waals surface area (Å²) in [6, 6.07) is 14.9. The fraction of sp³-hybridized carbons (Fsp3) is 0.261. The Labute approximate surface area is 200 Å². The van der Waals surface area contributed by atoms with Crippen LogP contribution in [-0.2, 0) is 0 Å². The number of hydrogen-bond acceptors (Lipinski definition) is 5. The van der Waals surface area contributed by atoms with Crippen LogP contribution in [-0.4, -0.2) is 33.8 Å². The standard InChI is InChI=1S/C23H24F2N6O2S/c1-2-33-16-10-8-15(9-11-16)27-23(34)30-29-22(32)17-13-26-31-19(20(24)25)12-18(28-21(17)31)14-6-4-3-5-7-14/h3-11,13,18-20,28H,2,12H2,1H3,(H,29,32)(H2,27,30,34)/t18-,19-/m1/s1. The minimum Gasteiger partial charge on any atom is -0.494 e. The molecule has 2 atom stereocenters. The molecule has 11 heteroatoms. The van der Waals surface area contributed by atoms with Crippen molar-refractivity contribution in [1.82, 2.24) is 20.6 Å². The molecule has 1 aliphatic heterocycles. The minimum absolute atomic E-state index is 0.127. The Morgan fingerprint density at radius 2 is 1.94 bits per heavy atom. The number of nitrogens with zero attached hydrogens (tertiary/aromatic N) is 2. The van der Waals surface area contributed by atoms with Crippen molar-refractivity contribution in [1.29, 1.82) is 0 Å². The van der Waals surface area contributed by atoms with Gasteiger partial charge < -0.3 is 15.4 Å². The van der Waals surface area contributed by atoms with E-state index in [2.05, 4.69) is 26.6 Å². The van der Waals surface area contributed by atoms with Crippen LogP contribution in [0, 0.1) is 0 Å². The van der Waals surface area contributed by atoms with Crippen LogP contribution in [0.5, 0.6) is 5.75 Å². The first-order valence-electron chi connectivity index (χ1n) is 10.7. The third-order valence-electron chi connectivity index (χ3n) is 5.35. The molecule has 0 aliphatic carbocycles. The largest absolute Gasteiger partial charge is 0.494 e. The van der Waals surface area contributed by atoms with Gasteiger partial charge in [0.2, 0.25) is 0 Å². The van der Waals surface area contributed by atoms with E-state index in [0.29, 0.717) is 12.3 Å². The maximum atomic E-state index is 13.8. The summed E-state index contributed by atoms with van der Waals surface area (Å²) < 4.78 is 34.2. The zero-order chi connectivity index (χ0) is 24.1. The Morgan fingerprint density at radius 1 is 1.21 bits per heavy atom. The number of amides is 1. The van der Waals surface area contributed by atoms with Crippen LogP contribution >= 0.6 is 12.2 Å². The van der Waals surface area contributed by atoms with Gasteiger partial charge in [-0.1, -0.05) is 30.3 Å². The molecular weight excluding hydrogens is 462 g/mol. The quantitative estimate of drug-likeness (QED) is 0.305. The van der Waals surface area contributed by atoms with Gasteiger partial charge >= 0.3 is 0 Å². The molecule has 0 saturated heterocycles. The summed E-state index contributed by atoms with van der Waals surface area (Å²) >= 11 is 5.22. The molecule has 2 aromatic carbocycles. The van der Waals surface area contributed by atoms with E-state index in [9.17, 15) is 13.6 Å². The van der Waals surface area contributed by atoms with Gasteiger partial charge in [-0.25, -0.2) is 13.5 Å². The van der Waals surface area contributed by atoms with Crippen molar-refractivity contribution in [2.24, 2.45) is 0 Å². The van der Waals surface area contributed by atoms with Gasteiger partial charge in [-0.15, -0.1) is 0 Å². The minimum atomic E-state index is -2.63. The van der Waals surface area contributed by atoms with E-state index in [-0.39, 0.29) is 29.0 Å². The second-order valence-corrected chi connectivity index (χ2v) is 8.00. The van der Waals surface area contributed by atoms with E-state index < -0.39 is 18.4 Å². The summed E-state index contributed by atoms with van der Waals surface area (Å²) in [4.78, 5) is 12.8. The predicted octanol–water partition coefficient (Wildman–Crippen LogP) is 4.28. The van der Waals surface area contributed by atoms with Crippen molar-refractivity contribution >= 4 is 34.7 Å². The van der Waals surface area contributed by atoms with Gasteiger partial charge in [0.15, 0.2) is 5.11 Å². The van der Waals surface area contributed by atoms with Crippen molar-refractivity contribution < 1.29 is 18.3 Å². The summed E-state index contributed by atoms with van der Waals surface area (Å²) in [5.74, 6) is 0.399. The van der Waals surface area contributed by atoms with E-state index in [1.165, 1.54) is 10.9 Å². The van der Waals surface area contributed by atoms with E-state index in [4.69, 9.17) is 17.0 Å². The average molecular weight is 487 g/mol. The summed E-state index contributed by atoms with van der Waals surface area (Å²) in [6.45, 7) is 2.47. The van der Waals surface area contributed by atoms with Crippen LogP contribution in [0.15, 0.2) is 60.8 Å². The van der Waals surface area contributed by atoms with Crippen LogP contribution in [0.25, 0.3) is 0 Å². The Kier molecular flexibility index (Phi) is 7.21. The second kappa shape index (κ2) is 10.5.